The highest BCUT2D eigenvalue weighted by molar-refractivity contribution is 9.10. The average Bonchev–Trinajstić information content (AvgIpc) is 3.09. The van der Waals surface area contributed by atoms with E-state index < -0.39 is 37.2 Å². The number of alkyl halides is 2. The molecular weight excluding hydrogens is 576 g/mol. The van der Waals surface area contributed by atoms with Crippen LogP contribution in [0.3, 0.4) is 0 Å². The van der Waals surface area contributed by atoms with E-state index in [2.05, 4.69) is 31.9 Å². The minimum absolute atomic E-state index is 0.0611. The molecule has 9 heteroatoms. The van der Waals surface area contributed by atoms with Crippen LogP contribution in [0.4, 0.5) is 11.4 Å². The summed E-state index contributed by atoms with van der Waals surface area (Å²) in [5, 5.41) is 11.4. The molecule has 3 aromatic rings. The number of hydrogen-bond acceptors (Lipinski definition) is 4. The van der Waals surface area contributed by atoms with Gasteiger partial charge in [0.15, 0.2) is 0 Å². The molecule has 4 aliphatic rings. The van der Waals surface area contributed by atoms with Crippen molar-refractivity contribution in [2.24, 2.45) is 11.8 Å². The second kappa shape index (κ2) is 6.74. The highest BCUT2D eigenvalue weighted by atomic mass is 79.9. The van der Waals surface area contributed by atoms with E-state index in [4.69, 9.17) is 11.6 Å². The van der Waals surface area contributed by atoms with Gasteiger partial charge in [-0.05, 0) is 34.4 Å². The largest absolute Gasteiger partial charge is 0.289 e. The predicted molar refractivity (Wildman–Crippen MR) is 130 cm³/mol. The van der Waals surface area contributed by atoms with Gasteiger partial charge >= 0.3 is 0 Å². The fourth-order valence-corrected chi connectivity index (χ4v) is 8.19. The Labute approximate surface area is 209 Å². The zero-order valence-electron chi connectivity index (χ0n) is 16.7. The number of carbonyl (C=O) groups is 2. The first-order valence-corrected chi connectivity index (χ1v) is 12.1. The predicted octanol–water partition coefficient (Wildman–Crippen LogP) is 5.66. The molecule has 0 saturated carbocycles. The Morgan fingerprint density at radius 1 is 0.818 bits per heavy atom. The zero-order chi connectivity index (χ0) is 23.3. The van der Waals surface area contributed by atoms with Crippen molar-refractivity contribution in [3.05, 3.63) is 104 Å². The van der Waals surface area contributed by atoms with Gasteiger partial charge in [-0.25, -0.2) is 4.90 Å². The standard InChI is InChI=1S/C24H13Br2ClN2O4/c25-23-13-5-1-2-6-14(13)24(26,16-8-4-3-7-15(16)23)20-19(23)21(30)28(22(20)31)12-9-10-17(27)18(11-12)29(32)33/h1-11,19-20H/t19-,20+,23?,24?. The Hall–Kier alpha value is -2.55. The molecule has 2 bridgehead atoms. The van der Waals surface area contributed by atoms with Crippen molar-refractivity contribution in [3.8, 4) is 0 Å². The number of halogens is 3. The van der Waals surface area contributed by atoms with E-state index in [9.17, 15) is 19.7 Å². The first kappa shape index (κ1) is 21.0. The van der Waals surface area contributed by atoms with Crippen LogP contribution in [0.2, 0.25) is 5.02 Å². The topological polar surface area (TPSA) is 80.5 Å². The average molecular weight is 589 g/mol. The fraction of sp³-hybridized carbons (Fsp3) is 0.167. The van der Waals surface area contributed by atoms with Crippen molar-refractivity contribution < 1.29 is 14.5 Å². The van der Waals surface area contributed by atoms with Gasteiger partial charge in [-0.15, -0.1) is 0 Å². The SMILES string of the molecule is O=C1[C@@H]2[C@H](C(=O)N1c1ccc(Cl)c([N+](=O)[O-])c1)C1(Br)c3ccccc3C2(Br)c2ccccc21. The van der Waals surface area contributed by atoms with Crippen LogP contribution in [-0.2, 0) is 18.2 Å². The number of rotatable bonds is 2. The van der Waals surface area contributed by atoms with Gasteiger partial charge in [-0.2, -0.15) is 0 Å². The van der Waals surface area contributed by atoms with Crippen LogP contribution in [-0.4, -0.2) is 16.7 Å². The Morgan fingerprint density at radius 2 is 1.24 bits per heavy atom. The summed E-state index contributed by atoms with van der Waals surface area (Å²) in [6, 6.07) is 19.5. The third kappa shape index (κ3) is 2.39. The molecule has 2 amide bonds. The summed E-state index contributed by atoms with van der Waals surface area (Å²) in [7, 11) is 0. The Kier molecular flexibility index (Phi) is 4.29. The summed E-state index contributed by atoms with van der Waals surface area (Å²) < 4.78 is -1.83. The van der Waals surface area contributed by atoms with Crippen molar-refractivity contribution in [2.45, 2.75) is 8.65 Å². The number of hydrogen-bond donors (Lipinski definition) is 0. The van der Waals surface area contributed by atoms with Crippen LogP contribution in [0, 0.1) is 22.0 Å². The van der Waals surface area contributed by atoms with E-state index >= 15 is 0 Å². The van der Waals surface area contributed by atoms with E-state index in [1.165, 1.54) is 18.2 Å². The number of anilines is 1. The molecule has 33 heavy (non-hydrogen) atoms. The molecule has 1 aliphatic heterocycles. The summed E-state index contributed by atoms with van der Waals surface area (Å²) in [6.07, 6.45) is 0. The Balaban J connectivity index is 1.62. The molecule has 0 unspecified atom stereocenters. The molecule has 1 fully saturated rings. The van der Waals surface area contributed by atoms with Gasteiger partial charge in [0, 0.05) is 6.07 Å². The smallest absolute Gasteiger partial charge is 0.274 e. The fourth-order valence-electron chi connectivity index (χ4n) is 5.70. The highest BCUT2D eigenvalue weighted by Gasteiger charge is 2.72. The number of nitrogens with zero attached hydrogens (tertiary/aromatic N) is 2. The molecule has 0 N–H and O–H groups in total. The third-order valence-electron chi connectivity index (χ3n) is 6.97. The number of carbonyl (C=O) groups excluding carboxylic acids is 2. The van der Waals surface area contributed by atoms with Gasteiger partial charge in [0.25, 0.3) is 5.69 Å². The lowest BCUT2D eigenvalue weighted by Gasteiger charge is -2.55. The van der Waals surface area contributed by atoms with Crippen molar-refractivity contribution in [1.82, 2.24) is 0 Å². The molecule has 164 valence electrons. The molecular formula is C24H13Br2ClN2O4. The van der Waals surface area contributed by atoms with Crippen molar-refractivity contribution in [2.75, 3.05) is 4.90 Å². The molecule has 0 aromatic heterocycles. The highest BCUT2D eigenvalue weighted by Crippen LogP contribution is 2.70. The lowest BCUT2D eigenvalue weighted by molar-refractivity contribution is -0.384. The van der Waals surface area contributed by atoms with Crippen molar-refractivity contribution in [1.29, 1.82) is 0 Å². The van der Waals surface area contributed by atoms with Crippen LogP contribution >= 0.6 is 43.5 Å². The minimum Gasteiger partial charge on any atom is -0.274 e. The third-order valence-corrected chi connectivity index (χ3v) is 9.98. The van der Waals surface area contributed by atoms with Gasteiger partial charge < -0.3 is 0 Å². The molecule has 1 heterocycles. The summed E-state index contributed by atoms with van der Waals surface area (Å²) in [6.45, 7) is 0. The number of imide groups is 1. The van der Waals surface area contributed by atoms with Gasteiger partial charge in [0.2, 0.25) is 11.8 Å². The van der Waals surface area contributed by atoms with E-state index in [1.54, 1.807) is 0 Å². The lowest BCUT2D eigenvalue weighted by atomic mass is 9.54. The lowest BCUT2D eigenvalue weighted by Crippen LogP contribution is -2.56. The van der Waals surface area contributed by atoms with Crippen molar-refractivity contribution in [3.63, 3.8) is 0 Å². The second-order valence-electron chi connectivity index (χ2n) is 8.37. The quantitative estimate of drug-likeness (QED) is 0.168. The Morgan fingerprint density at radius 3 is 1.64 bits per heavy atom. The number of nitro groups is 1. The number of nitro benzene ring substituents is 1. The zero-order valence-corrected chi connectivity index (χ0v) is 20.6. The number of benzene rings is 3. The Bertz CT molecular complexity index is 1300. The van der Waals surface area contributed by atoms with Crippen LogP contribution in [0.5, 0.6) is 0 Å². The first-order chi connectivity index (χ1) is 15.7. The van der Waals surface area contributed by atoms with E-state index in [0.717, 1.165) is 27.2 Å². The van der Waals surface area contributed by atoms with Gasteiger partial charge in [0.05, 0.1) is 31.1 Å². The molecule has 7 rings (SSSR count). The van der Waals surface area contributed by atoms with Crippen LogP contribution in [0.15, 0.2) is 66.7 Å². The molecule has 6 nitrogen and oxygen atoms in total. The minimum atomic E-state index is -0.916. The maximum absolute atomic E-state index is 13.9. The molecule has 3 aliphatic carbocycles. The van der Waals surface area contributed by atoms with Crippen LogP contribution in [0.25, 0.3) is 0 Å². The molecule has 0 radical (unpaired) electrons. The van der Waals surface area contributed by atoms with Crippen LogP contribution < -0.4 is 4.90 Å². The maximum atomic E-state index is 13.9. The normalized spacial score (nSPS) is 29.0. The summed E-state index contributed by atoms with van der Waals surface area (Å²) in [5.41, 5.74) is 3.47. The summed E-state index contributed by atoms with van der Waals surface area (Å²) in [5.74, 6) is -2.31. The van der Waals surface area contributed by atoms with E-state index in [1.807, 2.05) is 48.5 Å². The molecule has 3 aromatic carbocycles. The van der Waals surface area contributed by atoms with Crippen molar-refractivity contribution >= 4 is 66.6 Å². The molecule has 0 spiro atoms. The molecule has 2 atom stereocenters. The van der Waals surface area contributed by atoms with E-state index in [-0.39, 0.29) is 16.4 Å². The monoisotopic (exact) mass is 586 g/mol. The van der Waals surface area contributed by atoms with Gasteiger partial charge in [0.1, 0.15) is 5.02 Å². The first-order valence-electron chi connectivity index (χ1n) is 10.1. The van der Waals surface area contributed by atoms with Crippen LogP contribution in [0.1, 0.15) is 22.3 Å². The molecule has 1 saturated heterocycles. The van der Waals surface area contributed by atoms with Gasteiger partial charge in [-0.3, -0.25) is 19.7 Å². The maximum Gasteiger partial charge on any atom is 0.289 e. The van der Waals surface area contributed by atoms with E-state index in [0.29, 0.717) is 0 Å². The second-order valence-corrected chi connectivity index (χ2v) is 11.3. The van der Waals surface area contributed by atoms with Gasteiger partial charge in [-0.1, -0.05) is 92.0 Å². The number of amides is 2. The summed E-state index contributed by atoms with van der Waals surface area (Å²) in [4.78, 5) is 39.7. The summed E-state index contributed by atoms with van der Waals surface area (Å²) >= 11 is 13.8.